The molecule has 0 bridgehead atoms. The molecule has 0 saturated carbocycles. The van der Waals surface area contributed by atoms with E-state index in [-0.39, 0.29) is 30.1 Å². The summed E-state index contributed by atoms with van der Waals surface area (Å²) >= 11 is 0. The number of aromatic hydroxyl groups is 1. The van der Waals surface area contributed by atoms with Crippen LogP contribution in [-0.4, -0.2) is 52.7 Å². The van der Waals surface area contributed by atoms with Crippen LogP contribution in [0.4, 0.5) is 0 Å². The van der Waals surface area contributed by atoms with E-state index in [9.17, 15) is 9.90 Å². The molecule has 1 N–H and O–H groups in total. The molecule has 9 heteroatoms. The Morgan fingerprint density at radius 3 is 2.18 bits per heavy atom. The first kappa shape index (κ1) is 28.7. The van der Waals surface area contributed by atoms with Crippen molar-refractivity contribution in [3.8, 4) is 46.0 Å². The molecule has 4 aromatic carbocycles. The highest BCUT2D eigenvalue weighted by atomic mass is 16.5. The zero-order chi connectivity index (χ0) is 31.5. The molecule has 0 radical (unpaired) electrons. The largest absolute Gasteiger partial charge is 0.508 e. The number of benzene rings is 4. The van der Waals surface area contributed by atoms with Crippen LogP contribution in [0.1, 0.15) is 52.5 Å². The van der Waals surface area contributed by atoms with Gasteiger partial charge in [0.05, 0.1) is 40.5 Å². The highest BCUT2D eigenvalue weighted by Crippen LogP contribution is 2.67. The fraction of sp³-hybridized carbons (Fsp3) is 0.306. The minimum atomic E-state index is -0.752. The van der Waals surface area contributed by atoms with E-state index in [2.05, 4.69) is 18.2 Å². The highest BCUT2D eigenvalue weighted by Gasteiger charge is 2.59. The van der Waals surface area contributed by atoms with Gasteiger partial charge in [-0.15, -0.1) is 0 Å². The van der Waals surface area contributed by atoms with E-state index in [1.807, 2.05) is 30.3 Å². The van der Waals surface area contributed by atoms with Gasteiger partial charge in [-0.05, 0) is 64.2 Å². The standard InChI is InChI=1S/C36H34O9/c1-19(37)45-22-8-10-24-30(14-22)44-18-36(20-6-11-28(39-2)31(12-20)40-3)27-16-33(42-5)32(41-4)15-25(27)26-17-43-29-13-21(38)7-9-23(29)34(26)35(24)36/h6-16,26,34-35,38H,17-18H2,1-5H3. The lowest BCUT2D eigenvalue weighted by Crippen LogP contribution is -2.52. The number of hydrogen-bond acceptors (Lipinski definition) is 9. The molecule has 232 valence electrons. The number of esters is 1. The summed E-state index contributed by atoms with van der Waals surface area (Å²) in [5.74, 6) is 3.51. The minimum Gasteiger partial charge on any atom is -0.508 e. The van der Waals surface area contributed by atoms with Gasteiger partial charge in [0.1, 0.15) is 29.6 Å². The second-order valence-electron chi connectivity index (χ2n) is 11.6. The molecule has 0 spiro atoms. The highest BCUT2D eigenvalue weighted by molar-refractivity contribution is 5.70. The first-order valence-corrected chi connectivity index (χ1v) is 14.7. The van der Waals surface area contributed by atoms with Gasteiger partial charge in [-0.2, -0.15) is 0 Å². The van der Waals surface area contributed by atoms with Crippen molar-refractivity contribution in [3.63, 3.8) is 0 Å². The van der Waals surface area contributed by atoms with Gasteiger partial charge in [0.25, 0.3) is 0 Å². The molecule has 0 saturated heterocycles. The molecule has 7 rings (SSSR count). The van der Waals surface area contributed by atoms with Crippen molar-refractivity contribution >= 4 is 5.97 Å². The lowest BCUT2D eigenvalue weighted by Gasteiger charge is -2.56. The van der Waals surface area contributed by atoms with Crippen molar-refractivity contribution in [2.24, 2.45) is 0 Å². The number of carbonyl (C=O) groups is 1. The number of methoxy groups -OCH3 is 4. The number of hydrogen-bond donors (Lipinski definition) is 1. The normalized spacial score (nSPS) is 22.1. The van der Waals surface area contributed by atoms with Crippen LogP contribution < -0.4 is 33.2 Å². The summed E-state index contributed by atoms with van der Waals surface area (Å²) in [5.41, 5.74) is 4.25. The third kappa shape index (κ3) is 4.32. The van der Waals surface area contributed by atoms with Crippen molar-refractivity contribution in [2.75, 3.05) is 41.7 Å². The lowest BCUT2D eigenvalue weighted by molar-refractivity contribution is -0.131. The van der Waals surface area contributed by atoms with Crippen molar-refractivity contribution in [2.45, 2.75) is 30.1 Å². The van der Waals surface area contributed by atoms with Gasteiger partial charge < -0.3 is 38.3 Å². The maximum atomic E-state index is 11.8. The van der Waals surface area contributed by atoms with Crippen LogP contribution in [0.15, 0.2) is 66.7 Å². The molecule has 2 aliphatic heterocycles. The number of carbonyl (C=O) groups excluding carboxylic acids is 1. The Bertz CT molecular complexity index is 1810. The summed E-state index contributed by atoms with van der Waals surface area (Å²) < 4.78 is 41.5. The number of phenols is 1. The van der Waals surface area contributed by atoms with Gasteiger partial charge in [-0.1, -0.05) is 18.2 Å². The average Bonchev–Trinajstić information content (AvgIpc) is 3.06. The summed E-state index contributed by atoms with van der Waals surface area (Å²) in [6.07, 6.45) is 0. The molecule has 9 nitrogen and oxygen atoms in total. The SMILES string of the molecule is COc1ccc(C23COc4cc(OC(C)=O)ccc4C2C2c4ccc(O)cc4OCC2c2cc(OC)c(OC)cc23)cc1OC. The Morgan fingerprint density at radius 2 is 1.44 bits per heavy atom. The van der Waals surface area contributed by atoms with E-state index < -0.39 is 11.4 Å². The molecule has 4 atom stereocenters. The van der Waals surface area contributed by atoms with E-state index in [1.54, 1.807) is 46.6 Å². The van der Waals surface area contributed by atoms with E-state index in [0.29, 0.717) is 46.9 Å². The predicted molar refractivity (Wildman–Crippen MR) is 165 cm³/mol. The summed E-state index contributed by atoms with van der Waals surface area (Å²) in [7, 11) is 6.50. The van der Waals surface area contributed by atoms with E-state index in [0.717, 1.165) is 27.8 Å². The summed E-state index contributed by atoms with van der Waals surface area (Å²) in [6.45, 7) is 2.04. The Morgan fingerprint density at radius 1 is 0.756 bits per heavy atom. The molecule has 0 aromatic heterocycles. The van der Waals surface area contributed by atoms with E-state index >= 15 is 0 Å². The summed E-state index contributed by atoms with van der Waals surface area (Å²) in [6, 6.07) is 21.0. The fourth-order valence-electron chi connectivity index (χ4n) is 7.66. The number of rotatable bonds is 6. The van der Waals surface area contributed by atoms with Crippen LogP contribution in [0.25, 0.3) is 0 Å². The fourth-order valence-corrected chi connectivity index (χ4v) is 7.66. The summed E-state index contributed by atoms with van der Waals surface area (Å²) in [4.78, 5) is 11.8. The van der Waals surface area contributed by atoms with Crippen LogP contribution in [0.2, 0.25) is 0 Å². The monoisotopic (exact) mass is 610 g/mol. The smallest absolute Gasteiger partial charge is 0.308 e. The third-order valence-electron chi connectivity index (χ3n) is 9.47. The van der Waals surface area contributed by atoms with Gasteiger partial charge in [0.15, 0.2) is 23.0 Å². The average molecular weight is 611 g/mol. The number of ether oxygens (including phenoxy) is 7. The van der Waals surface area contributed by atoms with Gasteiger partial charge in [-0.25, -0.2) is 0 Å². The van der Waals surface area contributed by atoms with Crippen molar-refractivity contribution in [1.82, 2.24) is 0 Å². The molecule has 2 heterocycles. The maximum Gasteiger partial charge on any atom is 0.308 e. The zero-order valence-corrected chi connectivity index (χ0v) is 25.7. The van der Waals surface area contributed by atoms with Crippen LogP contribution in [-0.2, 0) is 10.2 Å². The van der Waals surface area contributed by atoms with E-state index in [4.69, 9.17) is 33.2 Å². The topological polar surface area (TPSA) is 102 Å². The Balaban J connectivity index is 1.58. The lowest BCUT2D eigenvalue weighted by atomic mass is 9.50. The van der Waals surface area contributed by atoms with Gasteiger partial charge in [0, 0.05) is 36.8 Å². The molecule has 1 aliphatic carbocycles. The molecule has 3 aliphatic rings. The Kier molecular flexibility index (Phi) is 6.91. The minimum absolute atomic E-state index is 0.0748. The van der Waals surface area contributed by atoms with Gasteiger partial charge in [-0.3, -0.25) is 4.79 Å². The molecule has 4 unspecified atom stereocenters. The second kappa shape index (κ2) is 10.8. The van der Waals surface area contributed by atoms with Gasteiger partial charge in [0.2, 0.25) is 0 Å². The first-order chi connectivity index (χ1) is 21.8. The first-order valence-electron chi connectivity index (χ1n) is 14.7. The van der Waals surface area contributed by atoms with Crippen molar-refractivity contribution in [1.29, 1.82) is 0 Å². The Hall–Kier alpha value is -5.05. The van der Waals surface area contributed by atoms with Crippen molar-refractivity contribution in [3.05, 3.63) is 94.5 Å². The molecule has 4 aromatic rings. The molecular weight excluding hydrogens is 576 g/mol. The molecular formula is C36H34O9. The molecule has 0 amide bonds. The van der Waals surface area contributed by atoms with Crippen molar-refractivity contribution < 1.29 is 43.1 Å². The quantitative estimate of drug-likeness (QED) is 0.205. The number of phenolic OH excluding ortho intramolecular Hbond substituents is 1. The molecule has 45 heavy (non-hydrogen) atoms. The van der Waals surface area contributed by atoms with E-state index in [1.165, 1.54) is 6.92 Å². The zero-order valence-electron chi connectivity index (χ0n) is 25.7. The van der Waals surface area contributed by atoms with Crippen LogP contribution in [0.3, 0.4) is 0 Å². The van der Waals surface area contributed by atoms with Crippen LogP contribution >= 0.6 is 0 Å². The third-order valence-corrected chi connectivity index (χ3v) is 9.47. The molecule has 0 fully saturated rings. The second-order valence-corrected chi connectivity index (χ2v) is 11.6. The van der Waals surface area contributed by atoms with Gasteiger partial charge >= 0.3 is 5.97 Å². The summed E-state index contributed by atoms with van der Waals surface area (Å²) in [5, 5.41) is 10.4. The Labute approximate surface area is 261 Å². The van der Waals surface area contributed by atoms with Crippen LogP contribution in [0, 0.1) is 0 Å². The predicted octanol–water partition coefficient (Wildman–Crippen LogP) is 6.09. The number of fused-ring (bicyclic) bond motifs is 10. The maximum absolute atomic E-state index is 11.8. The van der Waals surface area contributed by atoms with Crippen LogP contribution in [0.5, 0.6) is 46.0 Å².